The molecule has 10 nitrogen and oxygen atoms in total. The first-order valence-electron chi connectivity index (χ1n) is 12.3. The van der Waals surface area contributed by atoms with Gasteiger partial charge in [-0.05, 0) is 49.1 Å². The largest absolute Gasteiger partial charge is 0.493 e. The summed E-state index contributed by atoms with van der Waals surface area (Å²) in [4.78, 5) is 27.5. The Morgan fingerprint density at radius 3 is 2.21 bits per heavy atom. The van der Waals surface area contributed by atoms with E-state index in [-0.39, 0.29) is 59.2 Å². The summed E-state index contributed by atoms with van der Waals surface area (Å²) in [7, 11) is -2.33. The molecular weight excluding hydrogens is 590 g/mol. The number of nitrogens with zero attached hydrogens (tertiary/aromatic N) is 1. The van der Waals surface area contributed by atoms with Crippen LogP contribution in [0.1, 0.15) is 72.0 Å². The lowest BCUT2D eigenvalue weighted by Crippen LogP contribution is -2.30. The number of carbonyl (C=O) groups is 2. The fourth-order valence-corrected chi connectivity index (χ4v) is 4.71. The Kier molecular flexibility index (Phi) is 10.2. The van der Waals surface area contributed by atoms with Crippen molar-refractivity contribution in [3.63, 3.8) is 0 Å². The number of nitrogens with one attached hydrogen (secondary N) is 2. The maximum atomic E-state index is 13.5. The van der Waals surface area contributed by atoms with Crippen molar-refractivity contribution in [1.82, 2.24) is 10.2 Å². The molecule has 1 aliphatic heterocycles. The van der Waals surface area contributed by atoms with Gasteiger partial charge in [0.05, 0.1) is 31.6 Å². The molecule has 2 aromatic rings. The van der Waals surface area contributed by atoms with Gasteiger partial charge in [-0.3, -0.25) is 15.0 Å². The van der Waals surface area contributed by atoms with Crippen molar-refractivity contribution in [1.29, 1.82) is 5.41 Å². The van der Waals surface area contributed by atoms with E-state index in [0.29, 0.717) is 41.2 Å². The normalized spacial score (nSPS) is 12.9. The highest BCUT2D eigenvalue weighted by molar-refractivity contribution is 8.93. The lowest BCUT2D eigenvalue weighted by Gasteiger charge is -2.25. The van der Waals surface area contributed by atoms with Crippen molar-refractivity contribution in [2.75, 3.05) is 33.1 Å². The number of ketones is 1. The molecule has 0 aliphatic carbocycles. The first kappa shape index (κ1) is 32.1. The minimum Gasteiger partial charge on any atom is -0.493 e. The second-order valence-corrected chi connectivity index (χ2v) is 11.5. The third-order valence-electron chi connectivity index (χ3n) is 5.96. The summed E-state index contributed by atoms with van der Waals surface area (Å²) in [5, 5.41) is 11.3. The van der Waals surface area contributed by atoms with E-state index < -0.39 is 15.5 Å². The molecule has 1 heterocycles. The van der Waals surface area contributed by atoms with E-state index in [0.717, 1.165) is 11.8 Å². The minimum atomic E-state index is -3.85. The van der Waals surface area contributed by atoms with Crippen molar-refractivity contribution in [2.24, 2.45) is 0 Å². The first-order valence-corrected chi connectivity index (χ1v) is 14.1. The Morgan fingerprint density at radius 1 is 1.05 bits per heavy atom. The molecule has 0 radical (unpaired) electrons. The molecule has 39 heavy (non-hydrogen) atoms. The Labute approximate surface area is 240 Å². The monoisotopic (exact) mass is 625 g/mol. The zero-order chi connectivity index (χ0) is 28.4. The predicted octanol–water partition coefficient (Wildman–Crippen LogP) is 4.08. The third kappa shape index (κ3) is 7.30. The number of Topliss-reactive ketones (excluding diaryl/α,β-unsaturated/α-hetero) is 1. The number of ether oxygens (including phenoxy) is 2. The number of fused-ring (bicyclic) bond motifs is 1. The molecule has 0 fully saturated rings. The maximum absolute atomic E-state index is 13.5. The molecule has 214 valence electrons. The van der Waals surface area contributed by atoms with Crippen molar-refractivity contribution >= 4 is 44.6 Å². The molecule has 0 bridgehead atoms. The van der Waals surface area contributed by atoms with Gasteiger partial charge in [0.1, 0.15) is 11.6 Å². The van der Waals surface area contributed by atoms with Crippen molar-refractivity contribution in [2.45, 2.75) is 46.6 Å². The molecule has 2 N–H and O–H groups in total. The summed E-state index contributed by atoms with van der Waals surface area (Å²) in [5.41, 5.74) is 1.91. The molecule has 0 aromatic heterocycles. The lowest BCUT2D eigenvalue weighted by atomic mass is 9.84. The average Bonchev–Trinajstić information content (AvgIpc) is 3.11. The maximum Gasteiger partial charge on any atom is 0.306 e. The standard InChI is InChI=1S/C27H35N3O7S.BrH/c1-8-35-22-12-17-14-30(25(28)18(17)13-19(22)26(32)29-6)15-21(31)16-10-20(27(3,4)5)24(37-38(7,33)34)23(11-16)36-9-2;/h10-13,28H,8-9,14-15H2,1-7H3,(H,29,32);1H. The smallest absolute Gasteiger partial charge is 0.306 e. The number of carbonyl (C=O) groups excluding carboxylic acids is 2. The third-order valence-corrected chi connectivity index (χ3v) is 6.43. The van der Waals surface area contributed by atoms with Crippen molar-refractivity contribution in [3.8, 4) is 17.2 Å². The number of rotatable bonds is 10. The van der Waals surface area contributed by atoms with Gasteiger partial charge in [-0.25, -0.2) is 0 Å². The van der Waals surface area contributed by atoms with Crippen LogP contribution in [0.2, 0.25) is 0 Å². The highest BCUT2D eigenvalue weighted by atomic mass is 79.9. The molecule has 12 heteroatoms. The van der Waals surface area contributed by atoms with E-state index in [9.17, 15) is 18.0 Å². The quantitative estimate of drug-likeness (QED) is 0.298. The summed E-state index contributed by atoms with van der Waals surface area (Å²) < 4.78 is 40.6. The van der Waals surface area contributed by atoms with Crippen LogP contribution in [0, 0.1) is 5.41 Å². The molecule has 1 aliphatic rings. The average molecular weight is 627 g/mol. The number of benzene rings is 2. The summed E-state index contributed by atoms with van der Waals surface area (Å²) in [6.07, 6.45) is 0.956. The van der Waals surface area contributed by atoms with Gasteiger partial charge >= 0.3 is 10.1 Å². The zero-order valence-corrected chi connectivity index (χ0v) is 25.8. The molecule has 0 spiro atoms. The van der Waals surface area contributed by atoms with Crippen LogP contribution < -0.4 is 19.0 Å². The summed E-state index contributed by atoms with van der Waals surface area (Å²) in [6.45, 7) is 10.0. The van der Waals surface area contributed by atoms with Gasteiger partial charge in [0.15, 0.2) is 17.3 Å². The second-order valence-electron chi connectivity index (χ2n) is 9.97. The van der Waals surface area contributed by atoms with Crippen LogP contribution in [-0.4, -0.2) is 63.9 Å². The molecular formula is C27H36BrN3O7S. The van der Waals surface area contributed by atoms with E-state index in [4.69, 9.17) is 19.1 Å². The Hall–Kier alpha value is -3.12. The fraction of sp³-hybridized carbons (Fsp3) is 0.444. The Morgan fingerprint density at radius 2 is 1.67 bits per heavy atom. The van der Waals surface area contributed by atoms with E-state index in [1.165, 1.54) is 13.1 Å². The molecule has 1 amide bonds. The van der Waals surface area contributed by atoms with Crippen LogP contribution in [0.15, 0.2) is 24.3 Å². The number of hydrogen-bond donors (Lipinski definition) is 2. The number of halogens is 1. The van der Waals surface area contributed by atoms with Crippen LogP contribution >= 0.6 is 17.0 Å². The van der Waals surface area contributed by atoms with Gasteiger partial charge < -0.3 is 23.9 Å². The van der Waals surface area contributed by atoms with Crippen LogP contribution in [0.25, 0.3) is 0 Å². The van der Waals surface area contributed by atoms with Crippen molar-refractivity contribution < 1.29 is 31.7 Å². The summed E-state index contributed by atoms with van der Waals surface area (Å²) >= 11 is 0. The fourth-order valence-electron chi connectivity index (χ4n) is 4.24. The molecule has 0 saturated heterocycles. The second kappa shape index (κ2) is 12.4. The van der Waals surface area contributed by atoms with Gasteiger partial charge in [0.2, 0.25) is 0 Å². The Balaban J connectivity index is 0.00000533. The molecule has 0 atom stereocenters. The zero-order valence-electron chi connectivity index (χ0n) is 23.3. The number of amides is 1. The number of hydrogen-bond acceptors (Lipinski definition) is 8. The summed E-state index contributed by atoms with van der Waals surface area (Å²) in [6, 6.07) is 6.46. The van der Waals surface area contributed by atoms with E-state index >= 15 is 0 Å². The first-order chi connectivity index (χ1) is 17.7. The van der Waals surface area contributed by atoms with Crippen LogP contribution in [0.5, 0.6) is 17.2 Å². The van der Waals surface area contributed by atoms with Gasteiger partial charge in [0, 0.05) is 30.3 Å². The SMILES string of the molecule is Br.CCOc1cc2c(cc1C(=O)NC)C(=N)N(CC(=O)c1cc(OCC)c(OS(C)(=O)=O)c(C(C)(C)C)c1)C2. The van der Waals surface area contributed by atoms with Gasteiger partial charge in [0.25, 0.3) is 5.91 Å². The molecule has 3 rings (SSSR count). The van der Waals surface area contributed by atoms with E-state index in [2.05, 4.69) is 5.32 Å². The van der Waals surface area contributed by atoms with Gasteiger partial charge in [-0.2, -0.15) is 8.42 Å². The Bertz CT molecular complexity index is 1380. The topological polar surface area (TPSA) is 135 Å². The van der Waals surface area contributed by atoms with Gasteiger partial charge in [-0.15, -0.1) is 17.0 Å². The van der Waals surface area contributed by atoms with E-state index in [1.807, 2.05) is 27.7 Å². The molecule has 0 saturated carbocycles. The summed E-state index contributed by atoms with van der Waals surface area (Å²) in [5.74, 6) is 0.156. The van der Waals surface area contributed by atoms with Crippen LogP contribution in [0.4, 0.5) is 0 Å². The molecule has 2 aromatic carbocycles. The predicted molar refractivity (Wildman–Crippen MR) is 155 cm³/mol. The highest BCUT2D eigenvalue weighted by Crippen LogP contribution is 2.41. The van der Waals surface area contributed by atoms with E-state index in [1.54, 1.807) is 30.0 Å². The highest BCUT2D eigenvalue weighted by Gasteiger charge is 2.31. The van der Waals surface area contributed by atoms with Crippen LogP contribution in [0.3, 0.4) is 0 Å². The minimum absolute atomic E-state index is 0. The number of amidine groups is 1. The lowest BCUT2D eigenvalue weighted by molar-refractivity contribution is 0.0952. The van der Waals surface area contributed by atoms with Crippen LogP contribution in [-0.2, 0) is 22.1 Å². The van der Waals surface area contributed by atoms with Crippen molar-refractivity contribution in [3.05, 3.63) is 52.1 Å². The van der Waals surface area contributed by atoms with Gasteiger partial charge in [-0.1, -0.05) is 20.8 Å². The molecule has 0 unspecified atom stereocenters.